The van der Waals surface area contributed by atoms with Gasteiger partial charge in [0, 0.05) is 18.6 Å². The van der Waals surface area contributed by atoms with Crippen molar-refractivity contribution in [3.8, 4) is 0 Å². The second-order valence-corrected chi connectivity index (χ2v) is 4.49. The van der Waals surface area contributed by atoms with Gasteiger partial charge in [-0.25, -0.2) is 4.99 Å². The average Bonchev–Trinajstić information content (AvgIpc) is 2.20. The van der Waals surface area contributed by atoms with Crippen LogP contribution in [0.3, 0.4) is 0 Å². The molecule has 0 aromatic rings. The minimum Gasteiger partial charge on any atom is -0.381 e. The first-order chi connectivity index (χ1) is 7.02. The van der Waals surface area contributed by atoms with Crippen molar-refractivity contribution in [2.75, 3.05) is 13.7 Å². The number of hydrogen-bond donors (Lipinski definition) is 2. The molecule has 1 saturated carbocycles. The summed E-state index contributed by atoms with van der Waals surface area (Å²) in [4.78, 5) is 4.11. The third-order valence-electron chi connectivity index (χ3n) is 3.18. The van der Waals surface area contributed by atoms with E-state index in [1.807, 2.05) is 0 Å². The Morgan fingerprint density at radius 3 is 2.87 bits per heavy atom. The maximum Gasteiger partial charge on any atom is 0.189 e. The summed E-state index contributed by atoms with van der Waals surface area (Å²) in [6.07, 6.45) is 3.01. The Morgan fingerprint density at radius 1 is 1.73 bits per heavy atom. The molecule has 0 bridgehead atoms. The topological polar surface area (TPSA) is 59.6 Å². The van der Waals surface area contributed by atoms with E-state index in [0.717, 1.165) is 6.42 Å². The first kappa shape index (κ1) is 12.0. The summed E-state index contributed by atoms with van der Waals surface area (Å²) in [5.74, 6) is 0.488. The van der Waals surface area contributed by atoms with E-state index in [1.54, 1.807) is 13.2 Å². The molecular weight excluding hydrogens is 190 g/mol. The second kappa shape index (κ2) is 4.66. The molecule has 0 aliphatic heterocycles. The molecule has 0 amide bonds. The number of ether oxygens (including phenoxy) is 1. The lowest BCUT2D eigenvalue weighted by atomic mass is 9.64. The lowest BCUT2D eigenvalue weighted by molar-refractivity contribution is -0.0921. The Labute approximate surface area is 91.6 Å². The zero-order chi connectivity index (χ0) is 11.5. The summed E-state index contributed by atoms with van der Waals surface area (Å²) in [5, 5.41) is 3.21. The number of rotatable bonds is 4. The molecule has 3 N–H and O–H groups in total. The van der Waals surface area contributed by atoms with Crippen molar-refractivity contribution >= 4 is 5.96 Å². The number of nitrogens with one attached hydrogen (secondary N) is 1. The highest BCUT2D eigenvalue weighted by Crippen LogP contribution is 2.42. The third kappa shape index (κ3) is 2.50. The van der Waals surface area contributed by atoms with E-state index in [4.69, 9.17) is 10.5 Å². The molecule has 4 heteroatoms. The minimum absolute atomic E-state index is 0.114. The van der Waals surface area contributed by atoms with Crippen molar-refractivity contribution in [1.82, 2.24) is 5.32 Å². The fourth-order valence-corrected chi connectivity index (χ4v) is 1.92. The van der Waals surface area contributed by atoms with E-state index in [9.17, 15) is 0 Å². The van der Waals surface area contributed by atoms with Crippen molar-refractivity contribution in [3.63, 3.8) is 0 Å². The van der Waals surface area contributed by atoms with Gasteiger partial charge in [-0.3, -0.25) is 0 Å². The van der Waals surface area contributed by atoms with Crippen LogP contribution in [0, 0.1) is 5.41 Å². The first-order valence-electron chi connectivity index (χ1n) is 5.22. The van der Waals surface area contributed by atoms with Gasteiger partial charge in [-0.1, -0.05) is 19.9 Å². The number of guanidine groups is 1. The normalized spacial score (nSPS) is 29.4. The van der Waals surface area contributed by atoms with Gasteiger partial charge >= 0.3 is 0 Å². The van der Waals surface area contributed by atoms with Gasteiger partial charge in [0.1, 0.15) is 0 Å². The van der Waals surface area contributed by atoms with Crippen LogP contribution in [0.4, 0.5) is 0 Å². The average molecular weight is 211 g/mol. The van der Waals surface area contributed by atoms with Crippen molar-refractivity contribution in [2.24, 2.45) is 16.1 Å². The minimum atomic E-state index is 0.114. The molecule has 0 spiro atoms. The Morgan fingerprint density at radius 2 is 2.40 bits per heavy atom. The van der Waals surface area contributed by atoms with Gasteiger partial charge in [-0.2, -0.15) is 0 Å². The summed E-state index contributed by atoms with van der Waals surface area (Å²) < 4.78 is 5.36. The van der Waals surface area contributed by atoms with Crippen LogP contribution in [0.1, 0.15) is 20.3 Å². The highest BCUT2D eigenvalue weighted by Gasteiger charge is 2.48. The van der Waals surface area contributed by atoms with Crippen molar-refractivity contribution in [3.05, 3.63) is 12.7 Å². The molecule has 1 rings (SSSR count). The smallest absolute Gasteiger partial charge is 0.189 e. The quantitative estimate of drug-likeness (QED) is 0.412. The van der Waals surface area contributed by atoms with Crippen LogP contribution in [-0.4, -0.2) is 31.8 Å². The van der Waals surface area contributed by atoms with Gasteiger partial charge in [-0.05, 0) is 6.42 Å². The van der Waals surface area contributed by atoms with Crippen LogP contribution >= 0.6 is 0 Å². The van der Waals surface area contributed by atoms with E-state index in [0.29, 0.717) is 24.7 Å². The molecule has 4 nitrogen and oxygen atoms in total. The van der Waals surface area contributed by atoms with Crippen molar-refractivity contribution in [1.29, 1.82) is 0 Å². The monoisotopic (exact) mass is 211 g/mol. The number of methoxy groups -OCH3 is 1. The van der Waals surface area contributed by atoms with Crippen LogP contribution in [-0.2, 0) is 4.74 Å². The van der Waals surface area contributed by atoms with Crippen LogP contribution < -0.4 is 11.1 Å². The largest absolute Gasteiger partial charge is 0.381 e. The van der Waals surface area contributed by atoms with Crippen molar-refractivity contribution in [2.45, 2.75) is 32.4 Å². The maximum absolute atomic E-state index is 5.73. The van der Waals surface area contributed by atoms with E-state index in [2.05, 4.69) is 30.7 Å². The zero-order valence-electron chi connectivity index (χ0n) is 9.79. The van der Waals surface area contributed by atoms with E-state index in [1.165, 1.54) is 0 Å². The Balaban J connectivity index is 2.45. The fraction of sp³-hybridized carbons (Fsp3) is 0.727. The standard InChI is InChI=1S/C11H21N3O/c1-5-6-13-10(12)14-8-7-9(15-4)11(8,2)3/h5,8-9H,1,6-7H2,2-4H3,(H3,12,13,14). The summed E-state index contributed by atoms with van der Waals surface area (Å²) in [5.41, 5.74) is 5.84. The summed E-state index contributed by atoms with van der Waals surface area (Å²) in [7, 11) is 1.75. The SMILES string of the molecule is C=CCN=C(N)NC1CC(OC)C1(C)C. The van der Waals surface area contributed by atoms with Gasteiger partial charge < -0.3 is 15.8 Å². The predicted octanol–water partition coefficient (Wildman–Crippen LogP) is 0.890. The molecule has 15 heavy (non-hydrogen) atoms. The zero-order valence-corrected chi connectivity index (χ0v) is 9.79. The van der Waals surface area contributed by atoms with Gasteiger partial charge in [0.15, 0.2) is 5.96 Å². The molecule has 0 aromatic carbocycles. The number of nitrogens with zero attached hydrogens (tertiary/aromatic N) is 1. The molecule has 1 fully saturated rings. The van der Waals surface area contributed by atoms with E-state index >= 15 is 0 Å². The second-order valence-electron chi connectivity index (χ2n) is 4.49. The lowest BCUT2D eigenvalue weighted by Crippen LogP contribution is -2.62. The van der Waals surface area contributed by atoms with Gasteiger partial charge in [0.25, 0.3) is 0 Å². The Kier molecular flexibility index (Phi) is 3.74. The summed E-state index contributed by atoms with van der Waals surface area (Å²) >= 11 is 0. The lowest BCUT2D eigenvalue weighted by Gasteiger charge is -2.51. The van der Waals surface area contributed by atoms with E-state index < -0.39 is 0 Å². The molecule has 86 valence electrons. The fourth-order valence-electron chi connectivity index (χ4n) is 1.92. The number of aliphatic imine (C=N–C) groups is 1. The Hall–Kier alpha value is -1.03. The molecule has 0 saturated heterocycles. The van der Waals surface area contributed by atoms with Crippen LogP contribution in [0.15, 0.2) is 17.6 Å². The van der Waals surface area contributed by atoms with Gasteiger partial charge in [-0.15, -0.1) is 6.58 Å². The molecule has 2 unspecified atom stereocenters. The third-order valence-corrected chi connectivity index (χ3v) is 3.18. The maximum atomic E-state index is 5.73. The van der Waals surface area contributed by atoms with Crippen LogP contribution in [0.2, 0.25) is 0 Å². The van der Waals surface area contributed by atoms with Crippen molar-refractivity contribution < 1.29 is 4.74 Å². The molecule has 0 aromatic heterocycles. The van der Waals surface area contributed by atoms with Gasteiger partial charge in [0.05, 0.1) is 12.6 Å². The van der Waals surface area contributed by atoms with Crippen LogP contribution in [0.25, 0.3) is 0 Å². The van der Waals surface area contributed by atoms with E-state index in [-0.39, 0.29) is 5.41 Å². The highest BCUT2D eigenvalue weighted by atomic mass is 16.5. The first-order valence-corrected chi connectivity index (χ1v) is 5.22. The number of nitrogens with two attached hydrogens (primary N) is 1. The molecule has 0 radical (unpaired) electrons. The number of hydrogen-bond acceptors (Lipinski definition) is 2. The van der Waals surface area contributed by atoms with Gasteiger partial charge in [0.2, 0.25) is 0 Å². The molecule has 1 aliphatic carbocycles. The molecule has 0 heterocycles. The summed E-state index contributed by atoms with van der Waals surface area (Å²) in [6.45, 7) is 8.48. The van der Waals surface area contributed by atoms with Crippen LogP contribution in [0.5, 0.6) is 0 Å². The molecule has 2 atom stereocenters. The predicted molar refractivity (Wildman–Crippen MR) is 62.8 cm³/mol. The summed E-state index contributed by atoms with van der Waals surface area (Å²) in [6, 6.07) is 0.344. The molecular formula is C11H21N3O. The molecule has 1 aliphatic rings. The Bertz CT molecular complexity index is 261. The highest BCUT2D eigenvalue weighted by molar-refractivity contribution is 5.78.